The van der Waals surface area contributed by atoms with Crippen molar-refractivity contribution in [2.75, 3.05) is 34.4 Å². The maximum atomic E-state index is 13.2. The first kappa shape index (κ1) is 28.1. The van der Waals surface area contributed by atoms with Crippen LogP contribution in [0, 0.1) is 0 Å². The van der Waals surface area contributed by atoms with Gasteiger partial charge < -0.3 is 24.4 Å². The highest BCUT2D eigenvalue weighted by atomic mass is 35.5. The van der Waals surface area contributed by atoms with Crippen molar-refractivity contribution in [1.82, 2.24) is 20.4 Å². The Balaban J connectivity index is 2.00. The number of benzene rings is 1. The van der Waals surface area contributed by atoms with E-state index < -0.39 is 17.9 Å². The van der Waals surface area contributed by atoms with Gasteiger partial charge in [-0.15, -0.1) is 10.2 Å². The molecule has 0 aliphatic carbocycles. The number of aromatic nitrogens is 2. The quantitative estimate of drug-likeness (QED) is 0.435. The fraction of sp³-hybridized carbons (Fsp3) is 0.417. The van der Waals surface area contributed by atoms with E-state index in [1.807, 2.05) is 19.0 Å². The van der Waals surface area contributed by atoms with Crippen LogP contribution in [0.3, 0.4) is 0 Å². The number of methoxy groups -OCH3 is 1. The van der Waals surface area contributed by atoms with Gasteiger partial charge in [-0.3, -0.25) is 0 Å². The number of esters is 2. The van der Waals surface area contributed by atoms with E-state index in [1.165, 1.54) is 18.4 Å². The highest BCUT2D eigenvalue weighted by Gasteiger charge is 2.40. The zero-order chi connectivity index (χ0) is 26.4. The molecule has 0 saturated heterocycles. The number of carbonyl (C=O) groups excluding carboxylic acids is 2. The minimum absolute atomic E-state index is 0.0250. The summed E-state index contributed by atoms with van der Waals surface area (Å²) >= 11 is 14.3. The van der Waals surface area contributed by atoms with E-state index in [2.05, 4.69) is 15.5 Å². The highest BCUT2D eigenvalue weighted by Crippen LogP contribution is 2.43. The average Bonchev–Trinajstić information content (AvgIpc) is 3.26. The Morgan fingerprint density at radius 1 is 1.11 bits per heavy atom. The largest absolute Gasteiger partial charge is 0.466 e. The summed E-state index contributed by atoms with van der Waals surface area (Å²) in [5.41, 5.74) is 1.84. The monoisotopic (exact) mass is 554 g/mol. The van der Waals surface area contributed by atoms with Gasteiger partial charge in [0.15, 0.2) is 0 Å². The standard InChI is InChI=1S/C24H28Cl2N4O5S/c1-6-35-24(32)21-16(11-34-12-18-29-28-17(36-18)10-30(3)4)27-13(2)19(23(31)33-5)20(21)14-8-7-9-15(25)22(14)26/h7-9,20,27H,6,10-12H2,1-5H3. The smallest absolute Gasteiger partial charge is 0.336 e. The second-order valence-electron chi connectivity index (χ2n) is 8.16. The molecule has 1 aliphatic rings. The van der Waals surface area contributed by atoms with Crippen molar-refractivity contribution in [3.05, 3.63) is 66.4 Å². The van der Waals surface area contributed by atoms with Gasteiger partial charge in [-0.2, -0.15) is 0 Å². The Morgan fingerprint density at radius 2 is 1.83 bits per heavy atom. The van der Waals surface area contributed by atoms with Crippen LogP contribution in [0.15, 0.2) is 40.7 Å². The van der Waals surface area contributed by atoms with E-state index >= 15 is 0 Å². The number of rotatable bonds is 10. The Kier molecular flexibility index (Phi) is 9.86. The number of ether oxygens (including phenoxy) is 3. The maximum Gasteiger partial charge on any atom is 0.336 e. The van der Waals surface area contributed by atoms with Gasteiger partial charge in [0.05, 0.1) is 59.7 Å². The Bertz CT molecular complexity index is 1190. The van der Waals surface area contributed by atoms with Gasteiger partial charge in [-0.05, 0) is 39.6 Å². The van der Waals surface area contributed by atoms with E-state index in [1.54, 1.807) is 32.0 Å². The fourth-order valence-electron chi connectivity index (χ4n) is 3.82. The third-order valence-corrected chi connectivity index (χ3v) is 6.99. The summed E-state index contributed by atoms with van der Waals surface area (Å²) in [5.74, 6) is -2.09. The van der Waals surface area contributed by atoms with Crippen LogP contribution in [-0.2, 0) is 37.0 Å². The number of nitrogens with zero attached hydrogens (tertiary/aromatic N) is 3. The molecule has 1 aromatic carbocycles. The van der Waals surface area contributed by atoms with Crippen molar-refractivity contribution in [3.63, 3.8) is 0 Å². The van der Waals surface area contributed by atoms with Crippen molar-refractivity contribution in [2.45, 2.75) is 32.9 Å². The zero-order valence-electron chi connectivity index (χ0n) is 20.7. The predicted molar refractivity (Wildman–Crippen MR) is 138 cm³/mol. The van der Waals surface area contributed by atoms with Gasteiger partial charge in [-0.25, -0.2) is 9.59 Å². The van der Waals surface area contributed by atoms with Gasteiger partial charge in [0.2, 0.25) is 0 Å². The molecule has 2 heterocycles. The van der Waals surface area contributed by atoms with Gasteiger partial charge >= 0.3 is 11.9 Å². The van der Waals surface area contributed by atoms with E-state index in [-0.39, 0.29) is 36.0 Å². The number of dihydropyridines is 1. The summed E-state index contributed by atoms with van der Waals surface area (Å²) in [6.07, 6.45) is 0. The van der Waals surface area contributed by atoms with Gasteiger partial charge in [-0.1, -0.05) is 46.7 Å². The first-order chi connectivity index (χ1) is 17.2. The SMILES string of the molecule is CCOC(=O)C1=C(COCc2nnc(CN(C)C)s2)NC(C)=C(C(=O)OC)C1c1cccc(Cl)c1Cl. The van der Waals surface area contributed by atoms with E-state index in [4.69, 9.17) is 37.4 Å². The first-order valence-corrected chi connectivity index (χ1v) is 12.7. The summed E-state index contributed by atoms with van der Waals surface area (Å²) < 4.78 is 16.3. The molecule has 1 atom stereocenters. The summed E-state index contributed by atoms with van der Waals surface area (Å²) in [6.45, 7) is 4.47. The fourth-order valence-corrected chi connectivity index (χ4v) is 5.13. The third-order valence-electron chi connectivity index (χ3n) is 5.27. The van der Waals surface area contributed by atoms with Crippen LogP contribution in [0.2, 0.25) is 10.0 Å². The van der Waals surface area contributed by atoms with Crippen LogP contribution in [0.25, 0.3) is 0 Å². The van der Waals surface area contributed by atoms with Crippen LogP contribution in [0.4, 0.5) is 0 Å². The number of hydrogen-bond donors (Lipinski definition) is 1. The summed E-state index contributed by atoms with van der Waals surface area (Å²) in [6, 6.07) is 5.05. The average molecular weight is 555 g/mol. The lowest BCUT2D eigenvalue weighted by atomic mass is 9.80. The molecule has 1 unspecified atom stereocenters. The summed E-state index contributed by atoms with van der Waals surface area (Å²) in [4.78, 5) is 28.1. The molecule has 0 spiro atoms. The highest BCUT2D eigenvalue weighted by molar-refractivity contribution is 7.11. The molecule has 0 saturated carbocycles. The Labute approximate surface area is 224 Å². The zero-order valence-corrected chi connectivity index (χ0v) is 23.0. The molecule has 1 aromatic heterocycles. The third kappa shape index (κ3) is 6.43. The van der Waals surface area contributed by atoms with Crippen molar-refractivity contribution in [2.24, 2.45) is 0 Å². The molecule has 1 N–H and O–H groups in total. The predicted octanol–water partition coefficient (Wildman–Crippen LogP) is 4.07. The van der Waals surface area contributed by atoms with Crippen LogP contribution < -0.4 is 5.32 Å². The summed E-state index contributed by atoms with van der Waals surface area (Å²) in [5, 5.41) is 13.6. The molecular formula is C24H28Cl2N4O5S. The Morgan fingerprint density at radius 3 is 2.50 bits per heavy atom. The van der Waals surface area contributed by atoms with Gasteiger partial charge in [0.25, 0.3) is 0 Å². The van der Waals surface area contributed by atoms with E-state index in [0.29, 0.717) is 33.5 Å². The molecule has 194 valence electrons. The first-order valence-electron chi connectivity index (χ1n) is 11.1. The van der Waals surface area contributed by atoms with Crippen LogP contribution in [0.5, 0.6) is 0 Å². The van der Waals surface area contributed by atoms with Crippen molar-refractivity contribution in [1.29, 1.82) is 0 Å². The minimum Gasteiger partial charge on any atom is -0.466 e. The lowest BCUT2D eigenvalue weighted by molar-refractivity contribution is -0.139. The molecule has 2 aromatic rings. The molecule has 0 amide bonds. The lowest BCUT2D eigenvalue weighted by Gasteiger charge is -2.31. The second-order valence-corrected chi connectivity index (χ2v) is 10.1. The van der Waals surface area contributed by atoms with Crippen molar-refractivity contribution >= 4 is 46.5 Å². The molecule has 36 heavy (non-hydrogen) atoms. The molecule has 0 bridgehead atoms. The summed E-state index contributed by atoms with van der Waals surface area (Å²) in [7, 11) is 5.19. The number of allylic oxidation sites excluding steroid dienone is 1. The van der Waals surface area contributed by atoms with Crippen LogP contribution in [0.1, 0.15) is 35.3 Å². The van der Waals surface area contributed by atoms with Crippen LogP contribution in [-0.4, -0.2) is 61.5 Å². The molecule has 9 nitrogen and oxygen atoms in total. The van der Waals surface area contributed by atoms with Crippen molar-refractivity contribution in [3.8, 4) is 0 Å². The van der Waals surface area contributed by atoms with Crippen LogP contribution >= 0.6 is 34.5 Å². The number of carbonyl (C=O) groups is 2. The van der Waals surface area contributed by atoms with Crippen molar-refractivity contribution < 1.29 is 23.8 Å². The van der Waals surface area contributed by atoms with E-state index in [0.717, 1.165) is 5.01 Å². The number of halogens is 2. The second kappa shape index (κ2) is 12.6. The lowest BCUT2D eigenvalue weighted by Crippen LogP contribution is -2.34. The molecule has 3 rings (SSSR count). The van der Waals surface area contributed by atoms with E-state index in [9.17, 15) is 9.59 Å². The topological polar surface area (TPSA) is 103 Å². The normalized spacial score (nSPS) is 15.8. The molecule has 0 fully saturated rings. The van der Waals surface area contributed by atoms with Gasteiger partial charge in [0, 0.05) is 5.70 Å². The molecule has 1 aliphatic heterocycles. The minimum atomic E-state index is -0.879. The molecule has 0 radical (unpaired) electrons. The maximum absolute atomic E-state index is 13.2. The van der Waals surface area contributed by atoms with Gasteiger partial charge in [0.1, 0.15) is 16.6 Å². The Hall–Kier alpha value is -2.50. The molecule has 12 heteroatoms. The number of nitrogens with one attached hydrogen (secondary N) is 1. The molecular weight excluding hydrogens is 527 g/mol. The number of hydrogen-bond acceptors (Lipinski definition) is 10.